The van der Waals surface area contributed by atoms with E-state index in [1.165, 1.54) is 0 Å². The molecule has 0 saturated carbocycles. The summed E-state index contributed by atoms with van der Waals surface area (Å²) in [5.41, 5.74) is 0. The second kappa shape index (κ2) is 6.49. The van der Waals surface area contributed by atoms with Gasteiger partial charge in [0.2, 0.25) is 0 Å². The molecule has 1 unspecified atom stereocenters. The summed E-state index contributed by atoms with van der Waals surface area (Å²) in [4.78, 5) is 10.3. The van der Waals surface area contributed by atoms with Gasteiger partial charge in [0.25, 0.3) is 0 Å². The molecule has 11 heavy (non-hydrogen) atoms. The zero-order valence-electron chi connectivity index (χ0n) is 6.96. The molecule has 0 amide bonds. The Balaban J connectivity index is 3.59. The molecule has 2 N–H and O–H groups in total. The summed E-state index contributed by atoms with van der Waals surface area (Å²) in [5, 5.41) is 11.6. The molecular formula is C7H15NO2S. The van der Waals surface area contributed by atoms with Crippen molar-refractivity contribution in [1.29, 1.82) is 0 Å². The summed E-state index contributed by atoms with van der Waals surface area (Å²) >= 11 is 1.67. The predicted octanol–water partition coefficient (Wildman–Crippen LogP) is 0.802. The van der Waals surface area contributed by atoms with Crippen LogP contribution in [0.25, 0.3) is 0 Å². The zero-order chi connectivity index (χ0) is 8.69. The van der Waals surface area contributed by atoms with Gasteiger partial charge in [-0.1, -0.05) is 6.92 Å². The fraction of sp³-hybridized carbons (Fsp3) is 0.857. The van der Waals surface area contributed by atoms with Crippen LogP contribution in [0.1, 0.15) is 13.3 Å². The molecule has 0 aromatic heterocycles. The van der Waals surface area contributed by atoms with Crippen molar-refractivity contribution in [2.24, 2.45) is 0 Å². The predicted molar refractivity (Wildman–Crippen MR) is 48.1 cm³/mol. The van der Waals surface area contributed by atoms with Gasteiger partial charge in [0.1, 0.15) is 0 Å². The number of carboxylic acid groups (broad SMARTS) is 1. The molecule has 0 aliphatic rings. The lowest BCUT2D eigenvalue weighted by atomic mass is 10.2. The molecule has 0 aromatic carbocycles. The first-order valence-electron chi connectivity index (χ1n) is 3.64. The first-order valence-corrected chi connectivity index (χ1v) is 5.04. The fourth-order valence-electron chi connectivity index (χ4n) is 0.891. The van der Waals surface area contributed by atoms with E-state index < -0.39 is 5.97 Å². The van der Waals surface area contributed by atoms with E-state index in [-0.39, 0.29) is 12.5 Å². The molecule has 66 valence electrons. The molecule has 0 rings (SSSR count). The average Bonchev–Trinajstić information content (AvgIpc) is 1.87. The maximum atomic E-state index is 10.3. The summed E-state index contributed by atoms with van der Waals surface area (Å²) in [6.07, 6.45) is 2.20. The van der Waals surface area contributed by atoms with Crippen LogP contribution in [0.4, 0.5) is 0 Å². The number of rotatable bonds is 6. The second-order valence-corrected chi connectivity index (χ2v) is 3.22. The van der Waals surface area contributed by atoms with Gasteiger partial charge < -0.3 is 10.4 Å². The van der Waals surface area contributed by atoms with Crippen molar-refractivity contribution in [3.05, 3.63) is 0 Å². The summed E-state index contributed by atoms with van der Waals surface area (Å²) in [7, 11) is 0. The quantitative estimate of drug-likeness (QED) is 0.630. The molecule has 0 aromatic rings. The number of thioether (sulfide) groups is 1. The number of hydrogen-bond acceptors (Lipinski definition) is 3. The van der Waals surface area contributed by atoms with Gasteiger partial charge in [-0.05, 0) is 12.8 Å². The van der Waals surface area contributed by atoms with Gasteiger partial charge in [0.15, 0.2) is 0 Å². The minimum Gasteiger partial charge on any atom is -0.481 e. The Bertz CT molecular complexity index is 113. The Morgan fingerprint density at radius 1 is 1.73 bits per heavy atom. The zero-order valence-corrected chi connectivity index (χ0v) is 7.78. The summed E-state index contributed by atoms with van der Waals surface area (Å²) in [6.45, 7) is 2.81. The van der Waals surface area contributed by atoms with Gasteiger partial charge >= 0.3 is 5.97 Å². The highest BCUT2D eigenvalue weighted by atomic mass is 32.2. The third-order valence-electron chi connectivity index (χ3n) is 1.28. The summed E-state index contributed by atoms with van der Waals surface area (Å²) in [6, 6.07) is 0.118. The van der Waals surface area contributed by atoms with Crippen LogP contribution in [0.2, 0.25) is 0 Å². The van der Waals surface area contributed by atoms with Gasteiger partial charge in [-0.15, -0.1) is 0 Å². The largest absolute Gasteiger partial charge is 0.481 e. The van der Waals surface area contributed by atoms with Crippen molar-refractivity contribution in [1.82, 2.24) is 5.32 Å². The lowest BCUT2D eigenvalue weighted by molar-refractivity contribution is -0.137. The number of carboxylic acids is 1. The van der Waals surface area contributed by atoms with Crippen LogP contribution >= 0.6 is 11.8 Å². The Morgan fingerprint density at radius 2 is 2.36 bits per heavy atom. The monoisotopic (exact) mass is 177 g/mol. The average molecular weight is 177 g/mol. The van der Waals surface area contributed by atoms with E-state index in [0.29, 0.717) is 0 Å². The van der Waals surface area contributed by atoms with E-state index >= 15 is 0 Å². The van der Waals surface area contributed by atoms with E-state index in [2.05, 4.69) is 5.32 Å². The van der Waals surface area contributed by atoms with Crippen molar-refractivity contribution >= 4 is 17.7 Å². The normalized spacial score (nSPS) is 12.9. The van der Waals surface area contributed by atoms with Gasteiger partial charge in [-0.2, -0.15) is 11.8 Å². The Kier molecular flexibility index (Phi) is 6.36. The molecule has 0 heterocycles. The molecule has 1 atom stereocenters. The molecule has 0 bridgehead atoms. The maximum absolute atomic E-state index is 10.3. The third kappa shape index (κ3) is 6.19. The highest BCUT2D eigenvalue weighted by Gasteiger charge is 2.09. The number of hydrogen-bond donors (Lipinski definition) is 2. The van der Waals surface area contributed by atoms with Crippen LogP contribution in [-0.4, -0.2) is 35.7 Å². The first-order chi connectivity index (χ1) is 5.20. The highest BCUT2D eigenvalue weighted by Crippen LogP contribution is 2.00. The lowest BCUT2D eigenvalue weighted by Crippen LogP contribution is -2.33. The van der Waals surface area contributed by atoms with Crippen LogP contribution in [0.3, 0.4) is 0 Å². The maximum Gasteiger partial charge on any atom is 0.304 e. The van der Waals surface area contributed by atoms with Crippen molar-refractivity contribution < 1.29 is 9.90 Å². The van der Waals surface area contributed by atoms with Gasteiger partial charge in [-0.25, -0.2) is 0 Å². The van der Waals surface area contributed by atoms with Crippen LogP contribution in [0.15, 0.2) is 0 Å². The number of aliphatic carboxylic acids is 1. The van der Waals surface area contributed by atoms with Crippen LogP contribution in [-0.2, 0) is 4.79 Å². The number of nitrogens with one attached hydrogen (secondary N) is 1. The number of carbonyl (C=O) groups is 1. The molecular weight excluding hydrogens is 162 g/mol. The van der Waals surface area contributed by atoms with Gasteiger partial charge in [0.05, 0.1) is 6.42 Å². The van der Waals surface area contributed by atoms with Crippen molar-refractivity contribution in [3.63, 3.8) is 0 Å². The topological polar surface area (TPSA) is 49.3 Å². The van der Waals surface area contributed by atoms with E-state index in [1.54, 1.807) is 11.8 Å². The van der Waals surface area contributed by atoms with Gasteiger partial charge in [0, 0.05) is 11.8 Å². The minimum absolute atomic E-state index is 0.118. The molecule has 4 heteroatoms. The standard InChI is InChI=1S/C7H15NO2S/c1-3-8-6(5-11-2)4-7(9)10/h6,8H,3-5H2,1-2H3,(H,9,10). The molecule has 3 nitrogen and oxygen atoms in total. The molecule has 0 spiro atoms. The summed E-state index contributed by atoms with van der Waals surface area (Å²) in [5.74, 6) is 0.130. The molecule has 0 saturated heterocycles. The first kappa shape index (κ1) is 10.8. The van der Waals surface area contributed by atoms with Crippen LogP contribution in [0, 0.1) is 0 Å². The van der Waals surface area contributed by atoms with E-state index in [0.717, 1.165) is 12.3 Å². The molecule has 0 aliphatic heterocycles. The van der Waals surface area contributed by atoms with E-state index in [4.69, 9.17) is 5.11 Å². The van der Waals surface area contributed by atoms with Gasteiger partial charge in [-0.3, -0.25) is 4.79 Å². The molecule has 0 fully saturated rings. The van der Waals surface area contributed by atoms with Crippen molar-refractivity contribution in [2.75, 3.05) is 18.6 Å². The smallest absolute Gasteiger partial charge is 0.304 e. The van der Waals surface area contributed by atoms with Crippen molar-refractivity contribution in [3.8, 4) is 0 Å². The minimum atomic E-state index is -0.731. The summed E-state index contributed by atoms with van der Waals surface area (Å²) < 4.78 is 0. The SMILES string of the molecule is CCNC(CSC)CC(=O)O. The Labute approximate surface area is 71.6 Å². The third-order valence-corrected chi connectivity index (χ3v) is 2.02. The van der Waals surface area contributed by atoms with Crippen molar-refractivity contribution in [2.45, 2.75) is 19.4 Å². The Hall–Kier alpha value is -0.220. The highest BCUT2D eigenvalue weighted by molar-refractivity contribution is 7.98. The van der Waals surface area contributed by atoms with Crippen LogP contribution in [0.5, 0.6) is 0 Å². The molecule has 0 radical (unpaired) electrons. The fourth-order valence-corrected chi connectivity index (χ4v) is 1.53. The van der Waals surface area contributed by atoms with E-state index in [9.17, 15) is 4.79 Å². The molecule has 0 aliphatic carbocycles. The lowest BCUT2D eigenvalue weighted by Gasteiger charge is -2.13. The second-order valence-electron chi connectivity index (χ2n) is 2.31. The van der Waals surface area contributed by atoms with E-state index in [1.807, 2.05) is 13.2 Å². The van der Waals surface area contributed by atoms with Crippen LogP contribution < -0.4 is 5.32 Å². The Morgan fingerprint density at radius 3 is 2.73 bits per heavy atom.